The minimum absolute atomic E-state index is 0.166. The summed E-state index contributed by atoms with van der Waals surface area (Å²) in [4.78, 5) is 12.7. The number of hydrogen-bond donors (Lipinski definition) is 2. The molecule has 0 atom stereocenters. The van der Waals surface area contributed by atoms with Crippen molar-refractivity contribution in [3.63, 3.8) is 0 Å². The number of nitrogens with one attached hydrogen (secondary N) is 1. The molecule has 1 aliphatic carbocycles. The lowest BCUT2D eigenvalue weighted by Crippen LogP contribution is -2.51. The summed E-state index contributed by atoms with van der Waals surface area (Å²) >= 11 is 6.10. The number of rotatable bonds is 2. The summed E-state index contributed by atoms with van der Waals surface area (Å²) in [5.41, 5.74) is 2.11. The second kappa shape index (κ2) is 5.78. The average Bonchev–Trinajstić information content (AvgIpc) is 2.75. The maximum atomic E-state index is 12.7. The molecule has 0 aromatic heterocycles. The van der Waals surface area contributed by atoms with Gasteiger partial charge in [-0.2, -0.15) is 0 Å². The van der Waals surface area contributed by atoms with E-state index < -0.39 is 5.54 Å². The molecule has 2 N–H and O–H groups in total. The number of aliphatic hydroxyl groups excluding tert-OH is 1. The van der Waals surface area contributed by atoms with Gasteiger partial charge in [0.2, 0.25) is 0 Å². The Bertz CT molecular complexity index is 707. The molecular formula is C19H24ClNO3. The van der Waals surface area contributed by atoms with Crippen LogP contribution in [0.2, 0.25) is 5.02 Å². The van der Waals surface area contributed by atoms with Crippen LogP contribution in [0.3, 0.4) is 0 Å². The van der Waals surface area contributed by atoms with Crippen LogP contribution in [0.4, 0.5) is 0 Å². The molecule has 3 rings (SSSR count). The number of carbonyl (C=O) groups is 1. The Morgan fingerprint density at radius 1 is 1.17 bits per heavy atom. The molecule has 0 unspecified atom stereocenters. The molecule has 24 heavy (non-hydrogen) atoms. The molecule has 1 saturated carbocycles. The lowest BCUT2D eigenvalue weighted by atomic mass is 9.74. The highest BCUT2D eigenvalue weighted by Crippen LogP contribution is 2.45. The average molecular weight is 350 g/mol. The third-order valence-electron chi connectivity index (χ3n) is 5.67. The number of benzene rings is 1. The zero-order valence-corrected chi connectivity index (χ0v) is 15.4. The van der Waals surface area contributed by atoms with Crippen LogP contribution in [0, 0.1) is 13.8 Å². The Morgan fingerprint density at radius 2 is 1.71 bits per heavy atom. The van der Waals surface area contributed by atoms with E-state index in [0.29, 0.717) is 23.4 Å². The first-order valence-corrected chi connectivity index (χ1v) is 8.68. The van der Waals surface area contributed by atoms with Gasteiger partial charge >= 0.3 is 0 Å². The van der Waals surface area contributed by atoms with Crippen molar-refractivity contribution in [1.29, 1.82) is 0 Å². The van der Waals surface area contributed by atoms with Gasteiger partial charge in [-0.15, -0.1) is 0 Å². The number of halogens is 1. The monoisotopic (exact) mass is 349 g/mol. The molecule has 2 aliphatic rings. The van der Waals surface area contributed by atoms with E-state index in [1.54, 1.807) is 7.11 Å². The van der Waals surface area contributed by atoms with E-state index in [1.165, 1.54) is 0 Å². The third-order valence-corrected chi connectivity index (χ3v) is 5.89. The molecular weight excluding hydrogens is 326 g/mol. The maximum absolute atomic E-state index is 12.7. The highest BCUT2D eigenvalue weighted by atomic mass is 35.5. The molecule has 5 heteroatoms. The Morgan fingerprint density at radius 3 is 2.21 bits per heavy atom. The zero-order valence-electron chi connectivity index (χ0n) is 14.6. The molecule has 4 nitrogen and oxygen atoms in total. The van der Waals surface area contributed by atoms with Crippen LogP contribution in [0.25, 0.3) is 5.57 Å². The number of amides is 1. The van der Waals surface area contributed by atoms with Crippen LogP contribution in [-0.4, -0.2) is 29.3 Å². The van der Waals surface area contributed by atoms with Gasteiger partial charge in [0.25, 0.3) is 5.91 Å². The summed E-state index contributed by atoms with van der Waals surface area (Å²) in [5, 5.41) is 14.7. The molecule has 0 radical (unpaired) electrons. The number of aliphatic hydroxyl groups is 1. The van der Waals surface area contributed by atoms with Gasteiger partial charge in [-0.25, -0.2) is 0 Å². The van der Waals surface area contributed by atoms with E-state index >= 15 is 0 Å². The smallest absolute Gasteiger partial charge is 0.256 e. The number of aryl methyl sites for hydroxylation is 2. The first kappa shape index (κ1) is 17.3. The normalized spacial score (nSPS) is 30.1. The van der Waals surface area contributed by atoms with E-state index in [0.717, 1.165) is 29.5 Å². The lowest BCUT2D eigenvalue weighted by Gasteiger charge is -2.42. The van der Waals surface area contributed by atoms with E-state index in [-0.39, 0.29) is 17.3 Å². The first-order valence-electron chi connectivity index (χ1n) is 8.30. The van der Waals surface area contributed by atoms with Crippen LogP contribution in [0.1, 0.15) is 49.3 Å². The standard InChI is InChI=1S/C19H24ClNO3/c1-11-9-13(20)10-12(2)14(11)15-16(22)19(21-17(15)23)7-5-18(3,24-4)6-8-19/h9-10,22H,5-8H2,1-4H3,(H,21,23). The fourth-order valence-electron chi connectivity index (χ4n) is 3.99. The van der Waals surface area contributed by atoms with Gasteiger partial charge in [0.15, 0.2) is 0 Å². The predicted molar refractivity (Wildman–Crippen MR) is 95.2 cm³/mol. The number of methoxy groups -OCH3 is 1. The summed E-state index contributed by atoms with van der Waals surface area (Å²) in [5.74, 6) is -0.0405. The number of carbonyl (C=O) groups excluding carboxylic acids is 1. The summed E-state index contributed by atoms with van der Waals surface area (Å²) < 4.78 is 5.58. The van der Waals surface area contributed by atoms with Crippen LogP contribution in [-0.2, 0) is 9.53 Å². The minimum Gasteiger partial charge on any atom is -0.509 e. The topological polar surface area (TPSA) is 58.6 Å². The summed E-state index contributed by atoms with van der Waals surface area (Å²) in [6.07, 6.45) is 2.92. The summed E-state index contributed by atoms with van der Waals surface area (Å²) in [6.45, 7) is 5.90. The van der Waals surface area contributed by atoms with Gasteiger partial charge < -0.3 is 15.2 Å². The Balaban J connectivity index is 2.04. The highest BCUT2D eigenvalue weighted by molar-refractivity contribution is 6.31. The molecule has 1 fully saturated rings. The van der Waals surface area contributed by atoms with Crippen molar-refractivity contribution in [3.8, 4) is 0 Å². The minimum atomic E-state index is -0.664. The molecule has 1 aliphatic heterocycles. The molecule has 1 aromatic rings. The van der Waals surface area contributed by atoms with Gasteiger partial charge in [-0.05, 0) is 75.3 Å². The SMILES string of the molecule is COC1(C)CCC2(CC1)NC(=O)C(c1c(C)cc(Cl)cc1C)=C2O. The second-order valence-electron chi connectivity index (χ2n) is 7.33. The van der Waals surface area contributed by atoms with Crippen molar-refractivity contribution in [3.05, 3.63) is 39.6 Å². The van der Waals surface area contributed by atoms with Crippen molar-refractivity contribution >= 4 is 23.1 Å². The van der Waals surface area contributed by atoms with Gasteiger partial charge in [0, 0.05) is 12.1 Å². The van der Waals surface area contributed by atoms with Crippen molar-refractivity contribution < 1.29 is 14.6 Å². The van der Waals surface area contributed by atoms with Gasteiger partial charge in [0.1, 0.15) is 5.76 Å². The molecule has 1 heterocycles. The maximum Gasteiger partial charge on any atom is 0.256 e. The molecule has 130 valence electrons. The van der Waals surface area contributed by atoms with Crippen molar-refractivity contribution in [2.45, 2.75) is 57.6 Å². The summed E-state index contributed by atoms with van der Waals surface area (Å²) in [6, 6.07) is 3.65. The van der Waals surface area contributed by atoms with Crippen LogP contribution < -0.4 is 5.32 Å². The fraction of sp³-hybridized carbons (Fsp3) is 0.526. The van der Waals surface area contributed by atoms with Crippen LogP contribution >= 0.6 is 11.6 Å². The number of hydrogen-bond acceptors (Lipinski definition) is 3. The Kier molecular flexibility index (Phi) is 4.17. The molecule has 1 amide bonds. The van der Waals surface area contributed by atoms with Crippen molar-refractivity contribution in [1.82, 2.24) is 5.32 Å². The quantitative estimate of drug-likeness (QED) is 0.846. The van der Waals surface area contributed by atoms with Gasteiger partial charge in [0.05, 0.1) is 16.7 Å². The Hall–Kier alpha value is -1.52. The fourth-order valence-corrected chi connectivity index (χ4v) is 4.32. The molecule has 0 saturated heterocycles. The van der Waals surface area contributed by atoms with E-state index in [9.17, 15) is 9.90 Å². The van der Waals surface area contributed by atoms with E-state index in [2.05, 4.69) is 12.2 Å². The van der Waals surface area contributed by atoms with Gasteiger partial charge in [-0.3, -0.25) is 4.79 Å². The first-order chi connectivity index (χ1) is 11.2. The van der Waals surface area contributed by atoms with E-state index in [1.807, 2.05) is 26.0 Å². The second-order valence-corrected chi connectivity index (χ2v) is 7.76. The molecule has 1 aromatic carbocycles. The Labute approximate surface area is 147 Å². The zero-order chi connectivity index (χ0) is 17.7. The predicted octanol–water partition coefficient (Wildman–Crippen LogP) is 4.07. The van der Waals surface area contributed by atoms with Crippen molar-refractivity contribution in [2.75, 3.05) is 7.11 Å². The largest absolute Gasteiger partial charge is 0.509 e. The van der Waals surface area contributed by atoms with E-state index in [4.69, 9.17) is 16.3 Å². The van der Waals surface area contributed by atoms with Crippen LogP contribution in [0.15, 0.2) is 17.9 Å². The summed E-state index contributed by atoms with van der Waals surface area (Å²) in [7, 11) is 1.72. The molecule has 0 bridgehead atoms. The highest BCUT2D eigenvalue weighted by Gasteiger charge is 2.50. The third kappa shape index (κ3) is 2.62. The van der Waals surface area contributed by atoms with Gasteiger partial charge in [-0.1, -0.05) is 11.6 Å². The van der Waals surface area contributed by atoms with Crippen molar-refractivity contribution in [2.24, 2.45) is 0 Å². The van der Waals surface area contributed by atoms with Crippen LogP contribution in [0.5, 0.6) is 0 Å². The molecule has 1 spiro atoms. The number of ether oxygens (including phenoxy) is 1. The lowest BCUT2D eigenvalue weighted by molar-refractivity contribution is -0.117.